The number of nitrogens with one attached hydrogen (secondary N) is 2. The summed E-state index contributed by atoms with van der Waals surface area (Å²) in [6, 6.07) is 8.18. The second-order valence-corrected chi connectivity index (χ2v) is 10.6. The van der Waals surface area contributed by atoms with Crippen LogP contribution in [0.3, 0.4) is 0 Å². The largest absolute Gasteiger partial charge is 0.473 e. The first-order valence-electron chi connectivity index (χ1n) is 13.5. The number of piperazine rings is 1. The molecule has 0 bridgehead atoms. The smallest absolute Gasteiger partial charge is 0.414 e. The second kappa shape index (κ2) is 16.2. The number of aromatic amines is 1. The normalized spacial score (nSPS) is 14.8. The maximum Gasteiger partial charge on any atom is 0.414 e. The Morgan fingerprint density at radius 2 is 1.49 bits per heavy atom. The van der Waals surface area contributed by atoms with Crippen LogP contribution < -0.4 is 5.32 Å². The van der Waals surface area contributed by atoms with E-state index in [4.69, 9.17) is 19.8 Å². The molecule has 10 nitrogen and oxygen atoms in total. The van der Waals surface area contributed by atoms with Gasteiger partial charge < -0.3 is 35.2 Å². The van der Waals surface area contributed by atoms with Crippen LogP contribution in [0.1, 0.15) is 40.5 Å². The van der Waals surface area contributed by atoms with Crippen molar-refractivity contribution in [3.63, 3.8) is 0 Å². The number of imidazole rings is 1. The molecule has 2 aromatic rings. The van der Waals surface area contributed by atoms with Crippen LogP contribution in [-0.4, -0.2) is 112 Å². The fourth-order valence-corrected chi connectivity index (χ4v) is 4.59. The average molecular weight is 519 g/mol. The van der Waals surface area contributed by atoms with Crippen LogP contribution in [0.25, 0.3) is 11.0 Å². The molecule has 3 rings (SSSR count). The second-order valence-electron chi connectivity index (χ2n) is 10.6. The summed E-state index contributed by atoms with van der Waals surface area (Å²) in [5.74, 6) is -1.26. The number of para-hydroxylation sites is 2. The van der Waals surface area contributed by atoms with E-state index in [-0.39, 0.29) is 0 Å². The SMILES string of the molecule is CC(C)CN(CCCN1CCN(CCCNc2nc3ccccc3[nH]2)CC1)CC(C)C.O=C(O)C(=O)O. The van der Waals surface area contributed by atoms with Gasteiger partial charge in [-0.1, -0.05) is 39.8 Å². The molecule has 37 heavy (non-hydrogen) atoms. The Morgan fingerprint density at radius 3 is 2.00 bits per heavy atom. The lowest BCUT2D eigenvalue weighted by Gasteiger charge is -2.35. The number of H-pyrrole nitrogens is 1. The fourth-order valence-electron chi connectivity index (χ4n) is 4.59. The van der Waals surface area contributed by atoms with Crippen molar-refractivity contribution in [2.75, 3.05) is 70.8 Å². The summed E-state index contributed by atoms with van der Waals surface area (Å²) < 4.78 is 0. The third-order valence-corrected chi connectivity index (χ3v) is 6.18. The van der Waals surface area contributed by atoms with Gasteiger partial charge in [0, 0.05) is 45.8 Å². The molecular formula is C27H46N6O4. The van der Waals surface area contributed by atoms with Crippen molar-refractivity contribution in [3.8, 4) is 0 Å². The van der Waals surface area contributed by atoms with Gasteiger partial charge in [-0.3, -0.25) is 0 Å². The molecule has 0 amide bonds. The van der Waals surface area contributed by atoms with Crippen LogP contribution in [0.5, 0.6) is 0 Å². The van der Waals surface area contributed by atoms with E-state index in [1.165, 1.54) is 58.8 Å². The molecule has 0 spiro atoms. The van der Waals surface area contributed by atoms with Gasteiger partial charge in [-0.15, -0.1) is 0 Å². The lowest BCUT2D eigenvalue weighted by Crippen LogP contribution is -2.47. The number of aromatic nitrogens is 2. The Morgan fingerprint density at radius 1 is 0.946 bits per heavy atom. The number of rotatable bonds is 13. The maximum atomic E-state index is 9.10. The van der Waals surface area contributed by atoms with E-state index in [9.17, 15) is 0 Å². The van der Waals surface area contributed by atoms with Gasteiger partial charge in [-0.25, -0.2) is 14.6 Å². The van der Waals surface area contributed by atoms with E-state index in [2.05, 4.69) is 63.7 Å². The molecule has 1 aliphatic rings. The standard InChI is InChI=1S/C25H44N6.C2H2O4/c1-21(2)19-31(20-22(3)4)14-8-13-30-17-15-29(16-18-30)12-7-11-26-25-27-23-9-5-6-10-24(23)28-25;3-1(4)2(5)6/h5-6,9-10,21-22H,7-8,11-20H2,1-4H3,(H2,26,27,28);(H,3,4)(H,5,6). The van der Waals surface area contributed by atoms with E-state index in [1.807, 2.05) is 18.2 Å². The highest BCUT2D eigenvalue weighted by Gasteiger charge is 2.17. The van der Waals surface area contributed by atoms with Crippen molar-refractivity contribution in [2.45, 2.75) is 40.5 Å². The number of fused-ring (bicyclic) bond motifs is 1. The molecule has 0 atom stereocenters. The molecule has 0 unspecified atom stereocenters. The Bertz CT molecular complexity index is 885. The number of hydrogen-bond donors (Lipinski definition) is 4. The Balaban J connectivity index is 0.000000717. The number of carboxylic acid groups (broad SMARTS) is 2. The predicted octanol–water partition coefficient (Wildman–Crippen LogP) is 3.14. The number of benzene rings is 1. The topological polar surface area (TPSA) is 125 Å². The lowest BCUT2D eigenvalue weighted by atomic mass is 10.1. The third-order valence-electron chi connectivity index (χ3n) is 6.18. The number of carbonyl (C=O) groups is 2. The van der Waals surface area contributed by atoms with E-state index >= 15 is 0 Å². The molecule has 0 aliphatic carbocycles. The number of hydrogen-bond acceptors (Lipinski definition) is 7. The minimum atomic E-state index is -1.82. The van der Waals surface area contributed by atoms with Gasteiger partial charge in [0.15, 0.2) is 0 Å². The summed E-state index contributed by atoms with van der Waals surface area (Å²) in [7, 11) is 0. The van der Waals surface area contributed by atoms with Crippen molar-refractivity contribution in [2.24, 2.45) is 11.8 Å². The highest BCUT2D eigenvalue weighted by Crippen LogP contribution is 2.13. The van der Waals surface area contributed by atoms with E-state index in [0.717, 1.165) is 48.3 Å². The molecule has 0 saturated carbocycles. The average Bonchev–Trinajstić information content (AvgIpc) is 3.25. The Labute approximate surface area is 221 Å². The van der Waals surface area contributed by atoms with Gasteiger partial charge in [-0.05, 0) is 56.4 Å². The Hall–Kier alpha value is -2.69. The van der Waals surface area contributed by atoms with E-state index in [1.54, 1.807) is 0 Å². The molecule has 2 heterocycles. The van der Waals surface area contributed by atoms with E-state index in [0.29, 0.717) is 0 Å². The van der Waals surface area contributed by atoms with Crippen LogP contribution >= 0.6 is 0 Å². The molecular weight excluding hydrogens is 472 g/mol. The monoisotopic (exact) mass is 518 g/mol. The Kier molecular flexibility index (Phi) is 13.4. The molecule has 10 heteroatoms. The van der Waals surface area contributed by atoms with Crippen molar-refractivity contribution < 1.29 is 19.8 Å². The minimum Gasteiger partial charge on any atom is -0.473 e. The first kappa shape index (κ1) is 30.5. The summed E-state index contributed by atoms with van der Waals surface area (Å²) in [5, 5.41) is 18.2. The van der Waals surface area contributed by atoms with Crippen LogP contribution in [0.4, 0.5) is 5.95 Å². The number of aliphatic carboxylic acids is 2. The molecule has 4 N–H and O–H groups in total. The van der Waals surface area contributed by atoms with Crippen LogP contribution in [-0.2, 0) is 9.59 Å². The molecule has 1 aromatic heterocycles. The summed E-state index contributed by atoms with van der Waals surface area (Å²) in [6.07, 6.45) is 2.44. The van der Waals surface area contributed by atoms with Crippen LogP contribution in [0.15, 0.2) is 24.3 Å². The van der Waals surface area contributed by atoms with Gasteiger partial charge >= 0.3 is 11.9 Å². The van der Waals surface area contributed by atoms with Crippen LogP contribution in [0, 0.1) is 11.8 Å². The highest BCUT2D eigenvalue weighted by atomic mass is 16.4. The van der Waals surface area contributed by atoms with Gasteiger partial charge in [0.05, 0.1) is 11.0 Å². The zero-order chi connectivity index (χ0) is 27.2. The van der Waals surface area contributed by atoms with Crippen LogP contribution in [0.2, 0.25) is 0 Å². The zero-order valence-electron chi connectivity index (χ0n) is 22.9. The first-order valence-corrected chi connectivity index (χ1v) is 13.5. The minimum absolute atomic E-state index is 0.753. The lowest BCUT2D eigenvalue weighted by molar-refractivity contribution is -0.159. The van der Waals surface area contributed by atoms with Gasteiger partial charge in [-0.2, -0.15) is 0 Å². The predicted molar refractivity (Wildman–Crippen MR) is 148 cm³/mol. The number of anilines is 1. The molecule has 1 aliphatic heterocycles. The van der Waals surface area contributed by atoms with Crippen molar-refractivity contribution in [3.05, 3.63) is 24.3 Å². The fraction of sp³-hybridized carbons (Fsp3) is 0.667. The summed E-state index contributed by atoms with van der Waals surface area (Å²) in [6.45, 7) is 21.2. The summed E-state index contributed by atoms with van der Waals surface area (Å²) in [4.78, 5) is 34.1. The molecule has 208 valence electrons. The first-order chi connectivity index (χ1) is 17.6. The summed E-state index contributed by atoms with van der Waals surface area (Å²) in [5.41, 5.74) is 2.12. The zero-order valence-corrected chi connectivity index (χ0v) is 22.9. The number of carboxylic acids is 2. The molecule has 1 aromatic carbocycles. The molecule has 1 saturated heterocycles. The van der Waals surface area contributed by atoms with E-state index < -0.39 is 11.9 Å². The third kappa shape index (κ3) is 12.4. The number of nitrogens with zero attached hydrogens (tertiary/aromatic N) is 4. The highest BCUT2D eigenvalue weighted by molar-refractivity contribution is 6.27. The quantitative estimate of drug-likeness (QED) is 0.234. The van der Waals surface area contributed by atoms with Crippen molar-refractivity contribution in [1.29, 1.82) is 0 Å². The molecule has 1 fully saturated rings. The van der Waals surface area contributed by atoms with Gasteiger partial charge in [0.2, 0.25) is 5.95 Å². The van der Waals surface area contributed by atoms with Crippen molar-refractivity contribution >= 4 is 28.9 Å². The van der Waals surface area contributed by atoms with Crippen molar-refractivity contribution in [1.82, 2.24) is 24.7 Å². The van der Waals surface area contributed by atoms with Gasteiger partial charge in [0.25, 0.3) is 0 Å². The summed E-state index contributed by atoms with van der Waals surface area (Å²) >= 11 is 0. The maximum absolute atomic E-state index is 9.10. The molecule has 0 radical (unpaired) electrons. The van der Waals surface area contributed by atoms with Gasteiger partial charge in [0.1, 0.15) is 0 Å².